The standard InChI is InChI=1S/C6H12FNO2/c1-6(2,7)3-4(8)5(9)10/h4H,3,8H2,1-2H3,(H,9,10)/t4-/m0/s1. The number of halogens is 1. The molecule has 0 amide bonds. The van der Waals surface area contributed by atoms with Crippen LogP contribution < -0.4 is 10.8 Å². The summed E-state index contributed by atoms with van der Waals surface area (Å²) in [5.74, 6) is -1.30. The molecule has 60 valence electrons. The summed E-state index contributed by atoms with van der Waals surface area (Å²) in [6.45, 7) is 2.63. The van der Waals surface area contributed by atoms with Crippen LogP contribution in [0.25, 0.3) is 0 Å². The first-order valence-electron chi connectivity index (χ1n) is 3.06. The molecule has 0 saturated heterocycles. The summed E-state index contributed by atoms with van der Waals surface area (Å²) >= 11 is 0. The van der Waals surface area contributed by atoms with Crippen molar-refractivity contribution in [2.75, 3.05) is 0 Å². The molecule has 0 aromatic heterocycles. The number of carbonyl (C=O) groups is 1. The fraction of sp³-hybridized carbons (Fsp3) is 0.833. The molecule has 0 rings (SSSR count). The van der Waals surface area contributed by atoms with Gasteiger partial charge in [0.05, 0.1) is 5.97 Å². The summed E-state index contributed by atoms with van der Waals surface area (Å²) in [6, 6.07) is -0.958. The zero-order valence-electron chi connectivity index (χ0n) is 6.19. The normalized spacial score (nSPS) is 14.8. The molecule has 1 atom stereocenters. The molecular weight excluding hydrogens is 137 g/mol. The Morgan fingerprint density at radius 2 is 2.20 bits per heavy atom. The molecular formula is C6H12FNO2. The molecule has 0 aliphatic rings. The van der Waals surface area contributed by atoms with Crippen molar-refractivity contribution in [3.8, 4) is 0 Å². The average molecular weight is 149 g/mol. The van der Waals surface area contributed by atoms with E-state index in [2.05, 4.69) is 5.73 Å². The summed E-state index contributed by atoms with van der Waals surface area (Å²) in [7, 11) is 0. The van der Waals surface area contributed by atoms with Crippen LogP contribution in [0.4, 0.5) is 4.39 Å². The molecule has 0 aliphatic carbocycles. The Labute approximate surface area is 59.0 Å². The van der Waals surface area contributed by atoms with Crippen molar-refractivity contribution in [2.45, 2.75) is 32.0 Å². The molecule has 0 aromatic rings. The van der Waals surface area contributed by atoms with Crippen LogP contribution in [0.1, 0.15) is 20.3 Å². The Balaban J connectivity index is 3.80. The first-order valence-corrected chi connectivity index (χ1v) is 3.06. The lowest BCUT2D eigenvalue weighted by atomic mass is 10.0. The molecule has 0 unspecified atom stereocenters. The van der Waals surface area contributed by atoms with Crippen LogP contribution >= 0.6 is 0 Å². The van der Waals surface area contributed by atoms with Gasteiger partial charge in [-0.05, 0) is 13.8 Å². The fourth-order valence-corrected chi connectivity index (χ4v) is 0.669. The SMILES string of the molecule is CC(C)(F)C[C@H]([NH3+])C(=O)[O-]. The van der Waals surface area contributed by atoms with Crippen LogP contribution in [0, 0.1) is 0 Å². The fourth-order valence-electron chi connectivity index (χ4n) is 0.669. The van der Waals surface area contributed by atoms with E-state index in [1.807, 2.05) is 0 Å². The van der Waals surface area contributed by atoms with E-state index in [4.69, 9.17) is 0 Å². The molecule has 0 aliphatic heterocycles. The van der Waals surface area contributed by atoms with Crippen molar-refractivity contribution >= 4 is 5.97 Å². The van der Waals surface area contributed by atoms with Crippen molar-refractivity contribution < 1.29 is 20.0 Å². The minimum Gasteiger partial charge on any atom is -0.544 e. The molecule has 0 radical (unpaired) electrons. The molecule has 0 fully saturated rings. The van der Waals surface area contributed by atoms with Gasteiger partial charge < -0.3 is 15.6 Å². The monoisotopic (exact) mass is 149 g/mol. The second-order valence-electron chi connectivity index (χ2n) is 2.94. The second kappa shape index (κ2) is 2.96. The summed E-state index contributed by atoms with van der Waals surface area (Å²) in [6.07, 6.45) is -0.102. The largest absolute Gasteiger partial charge is 0.544 e. The maximum atomic E-state index is 12.7. The third kappa shape index (κ3) is 4.26. The van der Waals surface area contributed by atoms with Crippen LogP contribution in [0.5, 0.6) is 0 Å². The smallest absolute Gasteiger partial charge is 0.128 e. The van der Waals surface area contributed by atoms with Crippen molar-refractivity contribution in [2.24, 2.45) is 0 Å². The highest BCUT2D eigenvalue weighted by Gasteiger charge is 2.22. The highest BCUT2D eigenvalue weighted by Crippen LogP contribution is 2.13. The highest BCUT2D eigenvalue weighted by atomic mass is 19.1. The Morgan fingerprint density at radius 1 is 1.80 bits per heavy atom. The van der Waals surface area contributed by atoms with Gasteiger partial charge in [-0.2, -0.15) is 0 Å². The van der Waals surface area contributed by atoms with E-state index < -0.39 is 17.7 Å². The van der Waals surface area contributed by atoms with Gasteiger partial charge in [-0.1, -0.05) is 0 Å². The highest BCUT2D eigenvalue weighted by molar-refractivity contribution is 5.69. The number of rotatable bonds is 3. The quantitative estimate of drug-likeness (QED) is 0.529. The van der Waals surface area contributed by atoms with E-state index in [9.17, 15) is 14.3 Å². The zero-order valence-corrected chi connectivity index (χ0v) is 6.19. The molecule has 3 N–H and O–H groups in total. The number of alkyl halides is 1. The number of aliphatic carboxylic acids is 1. The molecule has 0 bridgehead atoms. The van der Waals surface area contributed by atoms with Gasteiger partial charge in [-0.3, -0.25) is 0 Å². The third-order valence-corrected chi connectivity index (χ3v) is 1.07. The van der Waals surface area contributed by atoms with Crippen LogP contribution in [0.3, 0.4) is 0 Å². The van der Waals surface area contributed by atoms with Gasteiger partial charge in [0.1, 0.15) is 11.7 Å². The minimum absolute atomic E-state index is 0.102. The zero-order chi connectivity index (χ0) is 8.36. The van der Waals surface area contributed by atoms with Gasteiger partial charge in [-0.15, -0.1) is 0 Å². The second-order valence-corrected chi connectivity index (χ2v) is 2.94. The third-order valence-electron chi connectivity index (χ3n) is 1.07. The first-order chi connectivity index (χ1) is 4.33. The van der Waals surface area contributed by atoms with Crippen molar-refractivity contribution in [1.82, 2.24) is 0 Å². The first kappa shape index (κ1) is 9.36. The van der Waals surface area contributed by atoms with Gasteiger partial charge in [-0.25, -0.2) is 4.39 Å². The molecule has 0 saturated carbocycles. The van der Waals surface area contributed by atoms with Crippen molar-refractivity contribution in [3.05, 3.63) is 0 Å². The number of hydrogen-bond acceptors (Lipinski definition) is 2. The number of carboxylic acids is 1. The Kier molecular flexibility index (Phi) is 2.77. The van der Waals surface area contributed by atoms with E-state index in [-0.39, 0.29) is 6.42 Å². The van der Waals surface area contributed by atoms with E-state index >= 15 is 0 Å². The Hall–Kier alpha value is -0.640. The van der Waals surface area contributed by atoms with Crippen LogP contribution in [-0.2, 0) is 4.79 Å². The maximum Gasteiger partial charge on any atom is 0.128 e. The van der Waals surface area contributed by atoms with Crippen LogP contribution in [0.2, 0.25) is 0 Å². The van der Waals surface area contributed by atoms with Gasteiger partial charge in [0.2, 0.25) is 0 Å². The Bertz CT molecular complexity index is 130. The van der Waals surface area contributed by atoms with E-state index in [1.165, 1.54) is 13.8 Å². The van der Waals surface area contributed by atoms with E-state index in [0.717, 1.165) is 0 Å². The molecule has 4 heteroatoms. The van der Waals surface area contributed by atoms with Crippen LogP contribution in [-0.4, -0.2) is 17.7 Å². The van der Waals surface area contributed by atoms with Crippen molar-refractivity contribution in [3.63, 3.8) is 0 Å². The van der Waals surface area contributed by atoms with Gasteiger partial charge in [0.25, 0.3) is 0 Å². The molecule has 3 nitrogen and oxygen atoms in total. The molecule has 0 heterocycles. The predicted octanol–water partition coefficient (Wildman–Crippen LogP) is -1.51. The maximum absolute atomic E-state index is 12.7. The van der Waals surface area contributed by atoms with E-state index in [0.29, 0.717) is 0 Å². The topological polar surface area (TPSA) is 67.8 Å². The number of quaternary nitrogens is 1. The van der Waals surface area contributed by atoms with Crippen molar-refractivity contribution in [1.29, 1.82) is 0 Å². The summed E-state index contributed by atoms with van der Waals surface area (Å²) in [5, 5.41) is 10.0. The predicted molar refractivity (Wildman–Crippen MR) is 31.5 cm³/mol. The van der Waals surface area contributed by atoms with Gasteiger partial charge in [0.15, 0.2) is 0 Å². The Morgan fingerprint density at radius 3 is 2.30 bits per heavy atom. The number of carboxylic acid groups (broad SMARTS) is 1. The average Bonchev–Trinajstić information content (AvgIpc) is 1.60. The van der Waals surface area contributed by atoms with Crippen LogP contribution in [0.15, 0.2) is 0 Å². The summed E-state index contributed by atoms with van der Waals surface area (Å²) < 4.78 is 12.7. The summed E-state index contributed by atoms with van der Waals surface area (Å²) in [4.78, 5) is 10.0. The molecule has 0 aromatic carbocycles. The number of hydrogen-bond donors (Lipinski definition) is 1. The van der Waals surface area contributed by atoms with Gasteiger partial charge >= 0.3 is 0 Å². The lowest BCUT2D eigenvalue weighted by Crippen LogP contribution is -2.69. The molecule has 0 spiro atoms. The van der Waals surface area contributed by atoms with Gasteiger partial charge in [0, 0.05) is 6.42 Å². The van der Waals surface area contributed by atoms with E-state index in [1.54, 1.807) is 0 Å². The number of carbonyl (C=O) groups excluding carboxylic acids is 1. The molecule has 10 heavy (non-hydrogen) atoms. The lowest BCUT2D eigenvalue weighted by molar-refractivity contribution is -0.441. The lowest BCUT2D eigenvalue weighted by Gasteiger charge is -2.17. The summed E-state index contributed by atoms with van der Waals surface area (Å²) in [5.41, 5.74) is 1.74. The minimum atomic E-state index is -1.48.